The zero-order chi connectivity index (χ0) is 12.0. The minimum atomic E-state index is 0.717. The topological polar surface area (TPSA) is 0 Å². The van der Waals surface area contributed by atoms with Crippen LogP contribution in [0.3, 0.4) is 0 Å². The molecule has 0 nitrogen and oxygen atoms in total. The number of unbranched alkanes of at least 4 members (excludes halogenated alkanes) is 1. The second-order valence-electron chi connectivity index (χ2n) is 4.98. The molecule has 16 heavy (non-hydrogen) atoms. The molecule has 0 aromatic heterocycles. The van der Waals surface area contributed by atoms with E-state index in [-0.39, 0.29) is 0 Å². The van der Waals surface area contributed by atoms with Crippen LogP contribution in [0.15, 0.2) is 18.2 Å². The van der Waals surface area contributed by atoms with Gasteiger partial charge in [0.15, 0.2) is 0 Å². The summed E-state index contributed by atoms with van der Waals surface area (Å²) in [6, 6.07) is 7.06. The molecule has 90 valence electrons. The summed E-state index contributed by atoms with van der Waals surface area (Å²) < 4.78 is 0. The van der Waals surface area contributed by atoms with Crippen LogP contribution < -0.4 is 0 Å². The summed E-state index contributed by atoms with van der Waals surface area (Å²) in [6.45, 7) is 9.12. The third kappa shape index (κ3) is 3.66. The highest BCUT2D eigenvalue weighted by Crippen LogP contribution is 2.24. The second-order valence-corrected chi connectivity index (χ2v) is 4.98. The van der Waals surface area contributed by atoms with E-state index in [0.717, 1.165) is 0 Å². The van der Waals surface area contributed by atoms with E-state index in [1.165, 1.54) is 48.8 Å². The minimum Gasteiger partial charge on any atom is -0.0654 e. The van der Waals surface area contributed by atoms with Gasteiger partial charge in [-0.15, -0.1) is 0 Å². The Morgan fingerprint density at radius 2 is 1.88 bits per heavy atom. The van der Waals surface area contributed by atoms with E-state index in [4.69, 9.17) is 0 Å². The maximum absolute atomic E-state index is 2.39. The molecule has 1 aromatic carbocycles. The van der Waals surface area contributed by atoms with Crippen molar-refractivity contribution in [1.82, 2.24) is 0 Å². The first-order valence-corrected chi connectivity index (χ1v) is 6.78. The Hall–Kier alpha value is -0.780. The fourth-order valence-electron chi connectivity index (χ4n) is 2.25. The lowest BCUT2D eigenvalue weighted by Crippen LogP contribution is -1.96. The molecule has 0 N–H and O–H groups in total. The largest absolute Gasteiger partial charge is 0.0654 e. The lowest BCUT2D eigenvalue weighted by atomic mass is 9.92. The highest BCUT2D eigenvalue weighted by atomic mass is 14.1. The summed E-state index contributed by atoms with van der Waals surface area (Å²) in [5.74, 6) is 0.717. The molecule has 0 heteroatoms. The van der Waals surface area contributed by atoms with Crippen molar-refractivity contribution >= 4 is 0 Å². The molecular weight excluding hydrogens is 192 g/mol. The van der Waals surface area contributed by atoms with Gasteiger partial charge in [0.05, 0.1) is 0 Å². The van der Waals surface area contributed by atoms with Crippen LogP contribution in [0.25, 0.3) is 0 Å². The van der Waals surface area contributed by atoms with Crippen molar-refractivity contribution in [1.29, 1.82) is 0 Å². The van der Waals surface area contributed by atoms with Gasteiger partial charge in [-0.1, -0.05) is 58.2 Å². The first-order chi connectivity index (χ1) is 7.69. The Morgan fingerprint density at radius 1 is 1.12 bits per heavy atom. The smallest absolute Gasteiger partial charge is 0.0190 e. The van der Waals surface area contributed by atoms with E-state index in [1.807, 2.05) is 0 Å². The molecule has 0 bridgehead atoms. The predicted octanol–water partition coefficient (Wildman–Crippen LogP) is 5.24. The van der Waals surface area contributed by atoms with E-state index < -0.39 is 0 Å². The van der Waals surface area contributed by atoms with Gasteiger partial charge in [-0.2, -0.15) is 0 Å². The van der Waals surface area contributed by atoms with Crippen LogP contribution in [0.4, 0.5) is 0 Å². The van der Waals surface area contributed by atoms with Gasteiger partial charge in [-0.3, -0.25) is 0 Å². The van der Waals surface area contributed by atoms with Crippen LogP contribution in [0.2, 0.25) is 0 Å². The molecule has 0 aliphatic rings. The van der Waals surface area contributed by atoms with E-state index in [2.05, 4.69) is 45.9 Å². The first-order valence-electron chi connectivity index (χ1n) is 6.78. The molecule has 0 spiro atoms. The van der Waals surface area contributed by atoms with E-state index in [0.29, 0.717) is 5.92 Å². The molecule has 0 heterocycles. The van der Waals surface area contributed by atoms with Gasteiger partial charge in [0.25, 0.3) is 0 Å². The molecule has 0 saturated heterocycles. The summed E-state index contributed by atoms with van der Waals surface area (Å²) >= 11 is 0. The molecule has 1 aromatic rings. The highest BCUT2D eigenvalue weighted by molar-refractivity contribution is 5.32. The number of hydrogen-bond donors (Lipinski definition) is 0. The third-order valence-electron chi connectivity index (χ3n) is 3.45. The first kappa shape index (κ1) is 13.3. The molecule has 1 atom stereocenters. The molecule has 0 unspecified atom stereocenters. The number of aryl methyl sites for hydroxylation is 2. The zero-order valence-electron chi connectivity index (χ0n) is 11.3. The summed E-state index contributed by atoms with van der Waals surface area (Å²) in [5, 5.41) is 0. The van der Waals surface area contributed by atoms with Crippen LogP contribution >= 0.6 is 0 Å². The second kappa shape index (κ2) is 6.73. The van der Waals surface area contributed by atoms with E-state index in [1.54, 1.807) is 0 Å². The molecule has 0 saturated carbocycles. The summed E-state index contributed by atoms with van der Waals surface area (Å²) in [4.78, 5) is 0. The molecule has 0 fully saturated rings. The molecular formula is C16H26. The van der Waals surface area contributed by atoms with Gasteiger partial charge in [0.2, 0.25) is 0 Å². The fourth-order valence-corrected chi connectivity index (χ4v) is 2.25. The maximum Gasteiger partial charge on any atom is -0.0190 e. The van der Waals surface area contributed by atoms with Crippen molar-refractivity contribution < 1.29 is 0 Å². The third-order valence-corrected chi connectivity index (χ3v) is 3.45. The molecule has 0 radical (unpaired) electrons. The Morgan fingerprint density at radius 3 is 2.44 bits per heavy atom. The Balaban J connectivity index is 2.71. The van der Waals surface area contributed by atoms with E-state index >= 15 is 0 Å². The van der Waals surface area contributed by atoms with Crippen molar-refractivity contribution in [2.45, 2.75) is 65.7 Å². The van der Waals surface area contributed by atoms with Gasteiger partial charge in [0.1, 0.15) is 0 Å². The van der Waals surface area contributed by atoms with Crippen LogP contribution in [-0.4, -0.2) is 0 Å². The van der Waals surface area contributed by atoms with Gasteiger partial charge in [-0.25, -0.2) is 0 Å². The van der Waals surface area contributed by atoms with Crippen LogP contribution in [0.1, 0.15) is 69.1 Å². The van der Waals surface area contributed by atoms with Gasteiger partial charge >= 0.3 is 0 Å². The van der Waals surface area contributed by atoms with Gasteiger partial charge in [-0.05, 0) is 42.4 Å². The summed E-state index contributed by atoms with van der Waals surface area (Å²) in [7, 11) is 0. The summed E-state index contributed by atoms with van der Waals surface area (Å²) in [6.07, 6.45) is 6.43. The minimum absolute atomic E-state index is 0.717. The van der Waals surface area contributed by atoms with Crippen molar-refractivity contribution in [3.63, 3.8) is 0 Å². The number of benzene rings is 1. The fraction of sp³-hybridized carbons (Fsp3) is 0.625. The molecule has 0 aliphatic heterocycles. The quantitative estimate of drug-likeness (QED) is 0.612. The molecule has 0 amide bonds. The van der Waals surface area contributed by atoms with Crippen molar-refractivity contribution in [2.24, 2.45) is 0 Å². The Kier molecular flexibility index (Phi) is 5.59. The van der Waals surface area contributed by atoms with Crippen LogP contribution in [0, 0.1) is 6.92 Å². The monoisotopic (exact) mass is 218 g/mol. The van der Waals surface area contributed by atoms with E-state index in [9.17, 15) is 0 Å². The Labute approximate surface area is 101 Å². The van der Waals surface area contributed by atoms with Crippen LogP contribution in [0.5, 0.6) is 0 Å². The molecule has 0 aliphatic carbocycles. The SMILES string of the molecule is CCCC[C@@H](C)c1ccc(CCC)c(C)c1. The molecule has 1 rings (SSSR count). The number of rotatable bonds is 6. The lowest BCUT2D eigenvalue weighted by molar-refractivity contribution is 0.623. The number of hydrogen-bond acceptors (Lipinski definition) is 0. The highest BCUT2D eigenvalue weighted by Gasteiger charge is 2.06. The standard InChI is InChI=1S/C16H26/c1-5-7-9-13(3)16-11-10-15(8-6-2)14(4)12-16/h10-13H,5-9H2,1-4H3/t13-/m1/s1. The maximum atomic E-state index is 2.39. The van der Waals surface area contributed by atoms with Gasteiger partial charge in [0, 0.05) is 0 Å². The normalized spacial score (nSPS) is 12.8. The lowest BCUT2D eigenvalue weighted by Gasteiger charge is -2.14. The average Bonchev–Trinajstić information content (AvgIpc) is 2.29. The van der Waals surface area contributed by atoms with Crippen molar-refractivity contribution in [3.8, 4) is 0 Å². The van der Waals surface area contributed by atoms with Crippen LogP contribution in [-0.2, 0) is 6.42 Å². The zero-order valence-corrected chi connectivity index (χ0v) is 11.3. The average molecular weight is 218 g/mol. The van der Waals surface area contributed by atoms with Gasteiger partial charge < -0.3 is 0 Å². The van der Waals surface area contributed by atoms with Crippen molar-refractivity contribution in [2.75, 3.05) is 0 Å². The Bertz CT molecular complexity index is 312. The van der Waals surface area contributed by atoms with Crippen molar-refractivity contribution in [3.05, 3.63) is 34.9 Å². The predicted molar refractivity (Wildman–Crippen MR) is 73.1 cm³/mol. The summed E-state index contributed by atoms with van der Waals surface area (Å²) in [5.41, 5.74) is 4.52.